The Morgan fingerprint density at radius 3 is 1.20 bits per heavy atom. The Morgan fingerprint density at radius 2 is 0.857 bits per heavy atom. The van der Waals surface area contributed by atoms with E-state index in [2.05, 4.69) is 47.5 Å². The molecule has 1 rings (SSSR count). The average Bonchev–Trinajstić information content (AvgIpc) is 2.94. The summed E-state index contributed by atoms with van der Waals surface area (Å²) in [6, 6.07) is 10.1. The van der Waals surface area contributed by atoms with Crippen LogP contribution in [0, 0.1) is 6.61 Å². The summed E-state index contributed by atoms with van der Waals surface area (Å²) < 4.78 is 5.48. The van der Waals surface area contributed by atoms with Gasteiger partial charge in [0.15, 0.2) is 6.61 Å². The maximum absolute atomic E-state index is 7.50. The molecule has 7 heteroatoms. The van der Waals surface area contributed by atoms with E-state index >= 15 is 0 Å². The first-order valence-corrected chi connectivity index (χ1v) is 11.4. The molecular weight excluding hydrogens is 616 g/mol. The molecule has 0 saturated carbocycles. The van der Waals surface area contributed by atoms with Crippen LogP contribution in [0.25, 0.3) is 0 Å². The van der Waals surface area contributed by atoms with Gasteiger partial charge in [0, 0.05) is 27.7 Å². The van der Waals surface area contributed by atoms with Crippen LogP contribution in [0.15, 0.2) is 30.3 Å². The quantitative estimate of drug-likeness (QED) is 0.204. The minimum atomic E-state index is 0. The van der Waals surface area contributed by atoms with Crippen molar-refractivity contribution in [2.75, 3.05) is 6.61 Å². The molecule has 0 amide bonds. The van der Waals surface area contributed by atoms with Gasteiger partial charge in [0.2, 0.25) is 0 Å². The van der Waals surface area contributed by atoms with E-state index in [4.69, 9.17) is 28.7 Å². The van der Waals surface area contributed by atoms with Crippen molar-refractivity contribution >= 4 is 33.9 Å². The van der Waals surface area contributed by atoms with Crippen molar-refractivity contribution in [3.05, 3.63) is 42.5 Å². The summed E-state index contributed by atoms with van der Waals surface area (Å²) in [5.41, 5.74) is 1.03. The molecule has 0 heterocycles. The summed E-state index contributed by atoms with van der Waals surface area (Å²) in [7, 11) is 0. The van der Waals surface area contributed by atoms with Crippen LogP contribution in [0.2, 0.25) is 0 Å². The predicted molar refractivity (Wildman–Crippen MR) is 134 cm³/mol. The van der Waals surface area contributed by atoms with Gasteiger partial charge in [0.05, 0.1) is 0 Å². The van der Waals surface area contributed by atoms with Gasteiger partial charge in [0.1, 0.15) is 0 Å². The molecule has 0 saturated heterocycles. The second-order valence-corrected chi connectivity index (χ2v) is 6.91. The van der Waals surface area contributed by atoms with Crippen LogP contribution in [0.3, 0.4) is 0 Å². The zero-order valence-electron chi connectivity index (χ0n) is 20.9. The molecule has 0 aromatic heterocycles. The summed E-state index contributed by atoms with van der Waals surface area (Å²) in [5, 5.41) is 0. The smallest absolute Gasteiger partial charge is 0.281 e. The largest absolute Gasteiger partial charge is 0.363 e. The molecule has 0 aliphatic carbocycles. The van der Waals surface area contributed by atoms with E-state index in [1.807, 2.05) is 30.3 Å². The van der Waals surface area contributed by atoms with Gasteiger partial charge in [-0.1, -0.05) is 121 Å². The van der Waals surface area contributed by atoms with E-state index in [0.717, 1.165) is 18.6 Å². The fourth-order valence-corrected chi connectivity index (χ4v) is 3.01. The molecule has 0 aliphatic heterocycles. The molecule has 0 atom stereocenters. The predicted octanol–water partition coefficient (Wildman–Crippen LogP) is 5.58. The van der Waals surface area contributed by atoms with E-state index in [-0.39, 0.29) is 21.1 Å². The van der Waals surface area contributed by atoms with Gasteiger partial charge in [0.25, 0.3) is 33.9 Å². The molecule has 0 fully saturated rings. The van der Waals surface area contributed by atoms with E-state index < -0.39 is 0 Å². The Morgan fingerprint density at radius 1 is 0.543 bits per heavy atom. The van der Waals surface area contributed by atoms with Crippen LogP contribution < -0.4 is 0 Å². The first kappa shape index (κ1) is 46.5. The van der Waals surface area contributed by atoms with Crippen LogP contribution in [0.4, 0.5) is 0 Å². The molecule has 0 N–H and O–H groups in total. The Kier molecular flexibility index (Phi) is 77.5. The van der Waals surface area contributed by atoms with Crippen LogP contribution in [0.5, 0.6) is 0 Å². The minimum absolute atomic E-state index is 0. The maximum atomic E-state index is 7.50. The van der Waals surface area contributed by atoms with Gasteiger partial charge in [-0.05, 0) is 12.0 Å². The van der Waals surface area contributed by atoms with Crippen molar-refractivity contribution in [2.45, 2.75) is 96.8 Å². The van der Waals surface area contributed by atoms with Crippen molar-refractivity contribution in [3.8, 4) is 0 Å². The van der Waals surface area contributed by atoms with E-state index in [0.29, 0.717) is 0 Å². The molecular formula is C28H38O6W. The molecule has 1 aromatic rings. The Hall–Kier alpha value is -1.78. The normalized spacial score (nSPS) is 8.14. The topological polar surface area (TPSA) is 94.6 Å². The second kappa shape index (κ2) is 58.2. The molecule has 192 valence electrons. The molecule has 0 aliphatic rings. The SMILES string of the molecule is CCCCCCCCCCCCCCCCO[C]c1ccccc1.[C]=O.[C]=O.[C]=O.[C]=O.[C]=O.[W]. The molecule has 35 heavy (non-hydrogen) atoms. The van der Waals surface area contributed by atoms with Crippen LogP contribution in [0.1, 0.15) is 102 Å². The number of rotatable bonds is 17. The van der Waals surface area contributed by atoms with Gasteiger partial charge in [-0.15, -0.1) is 0 Å². The van der Waals surface area contributed by atoms with Gasteiger partial charge in [-0.2, -0.15) is 0 Å². The number of unbranched alkanes of at least 4 members (excludes halogenated alkanes) is 13. The molecule has 0 unspecified atom stereocenters. The number of benzene rings is 1. The zero-order chi connectivity index (χ0) is 27.1. The standard InChI is InChI=1S/C23H38O.5CO.W/c1-2-3-4-5-6-7-8-9-10-11-12-13-14-18-21-24-22-23-19-16-15-17-20-23;5*1-2;/h15-17,19-20H,2-14,18,21H2,1H3;;;;;;. The Labute approximate surface area is 229 Å². The zero-order valence-corrected chi connectivity index (χ0v) is 23.8. The minimum Gasteiger partial charge on any atom is -0.363 e. The Balaban J connectivity index is -0.000000169. The number of hydrogen-bond donors (Lipinski definition) is 0. The fourth-order valence-electron chi connectivity index (χ4n) is 3.01. The van der Waals surface area contributed by atoms with Crippen molar-refractivity contribution in [2.24, 2.45) is 0 Å². The summed E-state index contributed by atoms with van der Waals surface area (Å²) in [6.07, 6.45) is 19.5. The van der Waals surface area contributed by atoms with Crippen molar-refractivity contribution in [3.63, 3.8) is 0 Å². The van der Waals surface area contributed by atoms with Crippen LogP contribution in [-0.4, -0.2) is 40.6 Å². The molecule has 12 radical (unpaired) electrons. The first-order valence-electron chi connectivity index (χ1n) is 11.4. The van der Waals surface area contributed by atoms with E-state index in [1.165, 1.54) is 83.5 Å². The molecule has 6 nitrogen and oxygen atoms in total. The summed E-state index contributed by atoms with van der Waals surface area (Å²) in [5.74, 6) is 0. The molecule has 0 spiro atoms. The monoisotopic (exact) mass is 654 g/mol. The van der Waals surface area contributed by atoms with Gasteiger partial charge in [-0.3, -0.25) is 24.0 Å². The second-order valence-electron chi connectivity index (χ2n) is 6.91. The van der Waals surface area contributed by atoms with Gasteiger partial charge < -0.3 is 4.74 Å². The summed E-state index contributed by atoms with van der Waals surface area (Å²) >= 11 is 0. The third-order valence-corrected chi connectivity index (χ3v) is 4.56. The third-order valence-electron chi connectivity index (χ3n) is 4.56. The summed E-state index contributed by atoms with van der Waals surface area (Å²) in [6.45, 7) is 28.6. The number of carbonyl (C=O) groups excluding carboxylic acids is 5. The molecule has 0 bridgehead atoms. The van der Waals surface area contributed by atoms with Crippen molar-refractivity contribution < 1.29 is 49.8 Å². The van der Waals surface area contributed by atoms with Crippen molar-refractivity contribution in [1.29, 1.82) is 0 Å². The Bertz CT molecular complexity index is 425. The fraction of sp³-hybridized carbons (Fsp3) is 0.571. The molecule has 1 aromatic carbocycles. The first-order chi connectivity index (χ1) is 16.9. The van der Waals surface area contributed by atoms with Crippen molar-refractivity contribution in [1.82, 2.24) is 0 Å². The maximum Gasteiger partial charge on any atom is 0.281 e. The average molecular weight is 654 g/mol. The number of hydrogen-bond acceptors (Lipinski definition) is 6. The number of ether oxygens (including phenoxy) is 1. The van der Waals surface area contributed by atoms with E-state index in [1.54, 1.807) is 0 Å². The van der Waals surface area contributed by atoms with E-state index in [9.17, 15) is 0 Å². The van der Waals surface area contributed by atoms with Crippen LogP contribution >= 0.6 is 0 Å². The van der Waals surface area contributed by atoms with Gasteiger partial charge >= 0.3 is 0 Å². The third kappa shape index (κ3) is 50.2. The van der Waals surface area contributed by atoms with Gasteiger partial charge in [-0.25, -0.2) is 0 Å². The summed E-state index contributed by atoms with van der Waals surface area (Å²) in [4.78, 5) is 37.5. The van der Waals surface area contributed by atoms with Crippen LogP contribution in [-0.2, 0) is 49.8 Å².